The Bertz CT molecular complexity index is 778. The van der Waals surface area contributed by atoms with Crippen LogP contribution in [0, 0.1) is 5.82 Å². The molecular weight excluding hydrogens is 406 g/mol. The molecule has 3 nitrogen and oxygen atoms in total. The number of aryl methyl sites for hydroxylation is 1. The number of benzene rings is 1. The van der Waals surface area contributed by atoms with Gasteiger partial charge in [-0.3, -0.25) is 9.78 Å². The zero-order valence-corrected chi connectivity index (χ0v) is 14.7. The molecule has 0 atom stereocenters. The van der Waals surface area contributed by atoms with Gasteiger partial charge in [-0.25, -0.2) is 4.39 Å². The van der Waals surface area contributed by atoms with E-state index in [0.717, 1.165) is 5.56 Å². The molecule has 8 heteroatoms. The number of Topliss-reactive ketones (excluding diaryl/α,β-unsaturated/α-hetero) is 1. The van der Waals surface area contributed by atoms with Crippen LogP contribution >= 0.6 is 15.9 Å². The molecule has 0 bridgehead atoms. The SMILES string of the molecule is CCc1cc(OCc2ncc(C(F)(F)F)cc2F)ccc1C(=O)CBr. The van der Waals surface area contributed by atoms with Crippen molar-refractivity contribution in [3.05, 3.63) is 58.7 Å². The highest BCUT2D eigenvalue weighted by molar-refractivity contribution is 9.09. The van der Waals surface area contributed by atoms with Crippen molar-refractivity contribution in [2.75, 3.05) is 5.33 Å². The second-order valence-corrected chi connectivity index (χ2v) is 5.73. The first kappa shape index (κ1) is 19.4. The summed E-state index contributed by atoms with van der Waals surface area (Å²) in [5.74, 6) is -0.778. The molecule has 0 saturated heterocycles. The summed E-state index contributed by atoms with van der Waals surface area (Å²) in [5.41, 5.74) is -0.0559. The Kier molecular flexibility index (Phi) is 6.16. The number of rotatable bonds is 6. The van der Waals surface area contributed by atoms with E-state index < -0.39 is 17.6 Å². The van der Waals surface area contributed by atoms with Crippen molar-refractivity contribution in [2.45, 2.75) is 26.1 Å². The van der Waals surface area contributed by atoms with Gasteiger partial charge in [0.05, 0.1) is 10.9 Å². The van der Waals surface area contributed by atoms with Crippen molar-refractivity contribution in [3.8, 4) is 5.75 Å². The molecule has 2 aromatic rings. The predicted octanol–water partition coefficient (Wildman–Crippen LogP) is 4.96. The lowest BCUT2D eigenvalue weighted by atomic mass is 10.0. The van der Waals surface area contributed by atoms with Crippen LogP contribution in [0.4, 0.5) is 17.6 Å². The number of aromatic nitrogens is 1. The number of hydrogen-bond donors (Lipinski definition) is 0. The smallest absolute Gasteiger partial charge is 0.417 e. The first-order valence-corrected chi connectivity index (χ1v) is 8.45. The minimum Gasteiger partial charge on any atom is -0.487 e. The van der Waals surface area contributed by atoms with Crippen LogP contribution in [-0.2, 0) is 19.2 Å². The maximum atomic E-state index is 13.8. The summed E-state index contributed by atoms with van der Waals surface area (Å²) in [5, 5.41) is 0.195. The van der Waals surface area contributed by atoms with Crippen LogP contribution < -0.4 is 4.74 Å². The maximum Gasteiger partial charge on any atom is 0.417 e. The summed E-state index contributed by atoms with van der Waals surface area (Å²) >= 11 is 3.11. The van der Waals surface area contributed by atoms with E-state index in [1.165, 1.54) is 0 Å². The fourth-order valence-electron chi connectivity index (χ4n) is 2.18. The van der Waals surface area contributed by atoms with Crippen LogP contribution in [0.3, 0.4) is 0 Å². The molecule has 1 heterocycles. The van der Waals surface area contributed by atoms with Gasteiger partial charge in [0.15, 0.2) is 5.78 Å². The monoisotopic (exact) mass is 419 g/mol. The van der Waals surface area contributed by atoms with Crippen LogP contribution in [0.5, 0.6) is 5.75 Å². The van der Waals surface area contributed by atoms with Crippen molar-refractivity contribution in [1.82, 2.24) is 4.98 Å². The standard InChI is InChI=1S/C17H14BrF4NO2/c1-2-10-5-12(3-4-13(10)16(24)7-18)25-9-15-14(19)6-11(8-23-15)17(20,21)22/h3-6,8H,2,7,9H2,1H3. The molecule has 0 amide bonds. The van der Waals surface area contributed by atoms with Crippen molar-refractivity contribution < 1.29 is 27.1 Å². The third kappa shape index (κ3) is 4.78. The lowest BCUT2D eigenvalue weighted by molar-refractivity contribution is -0.138. The van der Waals surface area contributed by atoms with Crippen LogP contribution in [0.15, 0.2) is 30.5 Å². The van der Waals surface area contributed by atoms with E-state index in [0.29, 0.717) is 30.0 Å². The van der Waals surface area contributed by atoms with E-state index in [9.17, 15) is 22.4 Å². The molecule has 1 aromatic heterocycles. The average Bonchev–Trinajstić information content (AvgIpc) is 2.58. The van der Waals surface area contributed by atoms with Gasteiger partial charge in [0.25, 0.3) is 0 Å². The van der Waals surface area contributed by atoms with Gasteiger partial charge in [-0.05, 0) is 36.2 Å². The highest BCUT2D eigenvalue weighted by Gasteiger charge is 2.31. The van der Waals surface area contributed by atoms with Crippen molar-refractivity contribution >= 4 is 21.7 Å². The first-order valence-electron chi connectivity index (χ1n) is 7.32. The molecule has 0 fully saturated rings. The summed E-state index contributed by atoms with van der Waals surface area (Å²) in [6, 6.07) is 5.20. The minimum atomic E-state index is -4.65. The van der Waals surface area contributed by atoms with Crippen molar-refractivity contribution in [1.29, 1.82) is 0 Å². The largest absolute Gasteiger partial charge is 0.487 e. The fraction of sp³-hybridized carbons (Fsp3) is 0.294. The highest BCUT2D eigenvalue weighted by Crippen LogP contribution is 2.29. The number of ether oxygens (including phenoxy) is 1. The Morgan fingerprint density at radius 2 is 2.00 bits per heavy atom. The molecule has 0 aliphatic heterocycles. The first-order chi connectivity index (χ1) is 11.8. The Morgan fingerprint density at radius 1 is 1.28 bits per heavy atom. The van der Waals surface area contributed by atoms with Gasteiger partial charge >= 0.3 is 6.18 Å². The lowest BCUT2D eigenvalue weighted by Crippen LogP contribution is -2.09. The Balaban J connectivity index is 2.15. The molecular formula is C17H14BrF4NO2. The van der Waals surface area contributed by atoms with Gasteiger partial charge in [0.1, 0.15) is 23.9 Å². The summed E-state index contributed by atoms with van der Waals surface area (Å²) in [6.45, 7) is 1.56. The fourth-order valence-corrected chi connectivity index (χ4v) is 2.48. The zero-order chi connectivity index (χ0) is 18.6. The summed E-state index contributed by atoms with van der Waals surface area (Å²) < 4.78 is 56.6. The molecule has 0 radical (unpaired) electrons. The molecule has 0 spiro atoms. The van der Waals surface area contributed by atoms with Crippen LogP contribution in [0.25, 0.3) is 0 Å². The number of alkyl halides is 4. The van der Waals surface area contributed by atoms with E-state index >= 15 is 0 Å². The van der Waals surface area contributed by atoms with Crippen LogP contribution in [0.1, 0.15) is 34.1 Å². The third-order valence-corrected chi connectivity index (χ3v) is 4.01. The molecule has 0 N–H and O–H groups in total. The summed E-state index contributed by atoms with van der Waals surface area (Å²) in [7, 11) is 0. The van der Waals surface area contributed by atoms with Gasteiger partial charge in [0.2, 0.25) is 0 Å². The molecule has 2 rings (SSSR count). The van der Waals surface area contributed by atoms with Gasteiger partial charge in [-0.1, -0.05) is 22.9 Å². The Morgan fingerprint density at radius 3 is 2.56 bits per heavy atom. The van der Waals surface area contributed by atoms with E-state index in [2.05, 4.69) is 20.9 Å². The Labute approximate surface area is 150 Å². The van der Waals surface area contributed by atoms with E-state index in [1.54, 1.807) is 18.2 Å². The number of carbonyl (C=O) groups excluding carboxylic acids is 1. The zero-order valence-electron chi connectivity index (χ0n) is 13.2. The number of halogens is 5. The quantitative estimate of drug-likeness (QED) is 0.377. The van der Waals surface area contributed by atoms with Gasteiger partial charge < -0.3 is 4.74 Å². The maximum absolute atomic E-state index is 13.8. The van der Waals surface area contributed by atoms with Crippen molar-refractivity contribution in [3.63, 3.8) is 0 Å². The normalized spacial score (nSPS) is 11.4. The van der Waals surface area contributed by atoms with E-state index in [-0.39, 0.29) is 23.4 Å². The molecule has 0 saturated carbocycles. The number of carbonyl (C=O) groups is 1. The molecule has 0 unspecified atom stereocenters. The average molecular weight is 420 g/mol. The number of hydrogen-bond acceptors (Lipinski definition) is 3. The lowest BCUT2D eigenvalue weighted by Gasteiger charge is -2.12. The molecule has 134 valence electrons. The van der Waals surface area contributed by atoms with Gasteiger partial charge in [-0.2, -0.15) is 13.2 Å². The van der Waals surface area contributed by atoms with Gasteiger partial charge in [-0.15, -0.1) is 0 Å². The van der Waals surface area contributed by atoms with Crippen LogP contribution in [0.2, 0.25) is 0 Å². The predicted molar refractivity (Wildman–Crippen MR) is 87.5 cm³/mol. The second-order valence-electron chi connectivity index (χ2n) is 5.17. The third-order valence-electron chi connectivity index (χ3n) is 3.50. The van der Waals surface area contributed by atoms with E-state index in [1.807, 2.05) is 6.92 Å². The minimum absolute atomic E-state index is 0.0705. The van der Waals surface area contributed by atoms with Gasteiger partial charge in [0, 0.05) is 11.8 Å². The number of pyridine rings is 1. The van der Waals surface area contributed by atoms with Crippen LogP contribution in [-0.4, -0.2) is 16.1 Å². The molecule has 25 heavy (non-hydrogen) atoms. The van der Waals surface area contributed by atoms with E-state index in [4.69, 9.17) is 4.74 Å². The summed E-state index contributed by atoms with van der Waals surface area (Å²) in [4.78, 5) is 15.3. The summed E-state index contributed by atoms with van der Waals surface area (Å²) in [6.07, 6.45) is -3.49. The number of nitrogens with zero attached hydrogens (tertiary/aromatic N) is 1. The molecule has 0 aliphatic carbocycles. The number of ketones is 1. The highest BCUT2D eigenvalue weighted by atomic mass is 79.9. The topological polar surface area (TPSA) is 39.2 Å². The Hall–Kier alpha value is -1.96. The molecule has 0 aliphatic rings. The molecule has 1 aromatic carbocycles. The van der Waals surface area contributed by atoms with Crippen molar-refractivity contribution in [2.24, 2.45) is 0 Å². The second kappa shape index (κ2) is 7.95.